The lowest BCUT2D eigenvalue weighted by atomic mass is 9.91. The Balaban J connectivity index is 1.10. The van der Waals surface area contributed by atoms with Gasteiger partial charge in [-0.3, -0.25) is 4.57 Å². The van der Waals surface area contributed by atoms with Crippen molar-refractivity contribution in [3.05, 3.63) is 94.8 Å². The third-order valence-electron chi connectivity index (χ3n) is 10.9. The zero-order valence-corrected chi connectivity index (χ0v) is 29.4. The van der Waals surface area contributed by atoms with E-state index in [0.29, 0.717) is 49.0 Å². The number of urea groups is 1. The lowest BCUT2D eigenvalue weighted by Gasteiger charge is -2.22. The van der Waals surface area contributed by atoms with Gasteiger partial charge in [-0.05, 0) is 44.0 Å². The minimum atomic E-state index is -1.34. The Kier molecular flexibility index (Phi) is 9.49. The highest BCUT2D eigenvalue weighted by atomic mass is 16.3. The van der Waals surface area contributed by atoms with Gasteiger partial charge in [0.05, 0.1) is 24.6 Å². The number of aromatic nitrogens is 6. The number of nitrogens with zero attached hydrogens (tertiary/aromatic N) is 7. The highest BCUT2D eigenvalue weighted by Gasteiger charge is 2.45. The molecule has 2 aliphatic heterocycles. The minimum absolute atomic E-state index is 0.00798. The van der Waals surface area contributed by atoms with Gasteiger partial charge in [0.15, 0.2) is 17.0 Å². The SMILES string of the molecule is CN1CC[C@@H](NC(=O)N[C@@H]2CCN(c3nc(NCC(c4ccccc4)c4ccccc4)c4ncn([C@@H]5C[C@H](n6c(O)c[nH]c6=O)[C@@H](O)[C@H]5O)c4n3)C2)C1. The summed E-state index contributed by atoms with van der Waals surface area (Å²) in [5.74, 6) is 0.603. The molecule has 16 nitrogen and oxygen atoms in total. The van der Waals surface area contributed by atoms with Crippen LogP contribution in [0.2, 0.25) is 0 Å². The number of rotatable bonds is 10. The number of aromatic hydroxyl groups is 1. The molecule has 1 aliphatic carbocycles. The van der Waals surface area contributed by atoms with Crippen molar-refractivity contribution in [3.8, 4) is 5.88 Å². The number of carbonyl (C=O) groups is 1. The molecule has 2 aromatic carbocycles. The second-order valence-electron chi connectivity index (χ2n) is 14.4. The number of carbonyl (C=O) groups excluding carboxylic acids is 1. The van der Waals surface area contributed by atoms with E-state index in [1.807, 2.05) is 48.3 Å². The highest BCUT2D eigenvalue weighted by molar-refractivity contribution is 5.84. The maximum atomic E-state index is 12.9. The second kappa shape index (κ2) is 14.5. The van der Waals surface area contributed by atoms with Gasteiger partial charge in [-0.2, -0.15) is 9.97 Å². The van der Waals surface area contributed by atoms with Crippen molar-refractivity contribution in [1.29, 1.82) is 0 Å². The summed E-state index contributed by atoms with van der Waals surface area (Å²) in [5, 5.41) is 42.6. The first-order valence-corrected chi connectivity index (χ1v) is 18.2. The number of nitrogens with one attached hydrogen (secondary N) is 4. The quantitative estimate of drug-likeness (QED) is 0.111. The molecule has 3 aromatic heterocycles. The Morgan fingerprint density at radius 3 is 2.23 bits per heavy atom. The topological polar surface area (TPSA) is 202 Å². The van der Waals surface area contributed by atoms with Crippen molar-refractivity contribution in [2.75, 3.05) is 50.0 Å². The van der Waals surface area contributed by atoms with Crippen LogP contribution in [0.3, 0.4) is 0 Å². The number of aliphatic hydroxyl groups is 2. The summed E-state index contributed by atoms with van der Waals surface area (Å²) >= 11 is 0. The first kappa shape index (κ1) is 34.6. The van der Waals surface area contributed by atoms with Crippen LogP contribution < -0.4 is 26.5 Å². The highest BCUT2D eigenvalue weighted by Crippen LogP contribution is 2.41. The number of amides is 2. The molecule has 5 heterocycles. The smallest absolute Gasteiger partial charge is 0.328 e. The molecule has 53 heavy (non-hydrogen) atoms. The van der Waals surface area contributed by atoms with E-state index in [4.69, 9.17) is 15.0 Å². The molecular weight excluding hydrogens is 678 g/mol. The van der Waals surface area contributed by atoms with Gasteiger partial charge in [0, 0.05) is 44.2 Å². The lowest BCUT2D eigenvalue weighted by Crippen LogP contribution is -2.47. The number of aromatic amines is 1. The molecule has 0 unspecified atom stereocenters. The fraction of sp³-hybridized carbons (Fsp3) is 0.432. The van der Waals surface area contributed by atoms with E-state index in [1.165, 1.54) is 0 Å². The number of likely N-dealkylation sites (N-methyl/N-ethyl adjacent to an activating group) is 1. The molecule has 0 radical (unpaired) electrons. The molecule has 6 atom stereocenters. The molecule has 7 N–H and O–H groups in total. The summed E-state index contributed by atoms with van der Waals surface area (Å²) in [4.78, 5) is 46.8. The Bertz CT molecular complexity index is 2060. The third kappa shape index (κ3) is 6.92. The number of H-pyrrole nitrogens is 1. The van der Waals surface area contributed by atoms with Gasteiger partial charge in [0.25, 0.3) is 0 Å². The van der Waals surface area contributed by atoms with Crippen molar-refractivity contribution in [2.45, 2.75) is 61.6 Å². The molecule has 3 fully saturated rings. The molecule has 0 spiro atoms. The summed E-state index contributed by atoms with van der Waals surface area (Å²) in [6.45, 7) is 3.38. The molecule has 8 rings (SSSR count). The molecule has 2 saturated heterocycles. The fourth-order valence-corrected chi connectivity index (χ4v) is 8.14. The predicted octanol–water partition coefficient (Wildman–Crippen LogP) is 1.76. The number of hydrogen-bond acceptors (Lipinski definition) is 11. The molecular formula is C37H45N11O5. The summed E-state index contributed by atoms with van der Waals surface area (Å²) < 4.78 is 2.78. The molecule has 0 bridgehead atoms. The van der Waals surface area contributed by atoms with Crippen molar-refractivity contribution in [3.63, 3.8) is 0 Å². The van der Waals surface area contributed by atoms with E-state index >= 15 is 0 Å². The fourth-order valence-electron chi connectivity index (χ4n) is 8.14. The van der Waals surface area contributed by atoms with Crippen LogP contribution in [0.4, 0.5) is 16.6 Å². The number of benzene rings is 2. The average molecular weight is 724 g/mol. The summed E-state index contributed by atoms with van der Waals surface area (Å²) in [6, 6.07) is 18.7. The molecule has 2 amide bonds. The van der Waals surface area contributed by atoms with Crippen molar-refractivity contribution in [2.24, 2.45) is 0 Å². The van der Waals surface area contributed by atoms with Crippen LogP contribution in [0.25, 0.3) is 11.2 Å². The third-order valence-corrected chi connectivity index (χ3v) is 10.9. The Labute approximate surface area is 305 Å². The number of anilines is 2. The maximum Gasteiger partial charge on any atom is 0.328 e. The van der Waals surface area contributed by atoms with Gasteiger partial charge in [-0.25, -0.2) is 14.6 Å². The molecule has 3 aliphatic rings. The Hall–Kier alpha value is -5.45. The van der Waals surface area contributed by atoms with Gasteiger partial charge in [0.1, 0.15) is 12.2 Å². The van der Waals surface area contributed by atoms with E-state index < -0.39 is 30.0 Å². The molecule has 16 heteroatoms. The van der Waals surface area contributed by atoms with Gasteiger partial charge >= 0.3 is 11.7 Å². The van der Waals surface area contributed by atoms with Crippen LogP contribution in [0.15, 0.2) is 78.0 Å². The largest absolute Gasteiger partial charge is 0.493 e. The second-order valence-corrected chi connectivity index (χ2v) is 14.4. The van der Waals surface area contributed by atoms with Crippen LogP contribution in [0.1, 0.15) is 48.4 Å². The van der Waals surface area contributed by atoms with Gasteiger partial charge < -0.3 is 50.6 Å². The number of aliphatic hydroxyl groups excluding tert-OH is 2. The van der Waals surface area contributed by atoms with Gasteiger partial charge in [-0.15, -0.1) is 0 Å². The Morgan fingerprint density at radius 2 is 1.58 bits per heavy atom. The first-order valence-electron chi connectivity index (χ1n) is 18.2. The number of imidazole rings is 2. The Morgan fingerprint density at radius 1 is 0.925 bits per heavy atom. The standard InChI is InChI=1S/C37H45N11O5/c1-45-14-12-24(19-45)41-36(52)42-25-13-15-46(20-25)35-43-33(38-17-26(22-8-4-2-5-9-22)23-10-6-3-7-11-23)30-34(44-35)47(21-40-30)27-16-28(32(51)31(27)50)48-29(49)18-39-37(48)53/h2-11,18,21,24-28,31-32,49-51H,12-17,19-20H2,1H3,(H,39,53)(H,38,43,44)(H2,41,42,52)/t24-,25-,27-,28+,31+,32-/m1/s1. The number of fused-ring (bicyclic) bond motifs is 1. The van der Waals surface area contributed by atoms with E-state index in [1.54, 1.807) is 10.9 Å². The van der Waals surface area contributed by atoms with Crippen LogP contribution in [0, 0.1) is 0 Å². The van der Waals surface area contributed by atoms with Crippen LogP contribution in [0.5, 0.6) is 5.88 Å². The van der Waals surface area contributed by atoms with E-state index in [-0.39, 0.29) is 36.3 Å². The summed E-state index contributed by atoms with van der Waals surface area (Å²) in [7, 11) is 2.05. The van der Waals surface area contributed by atoms with Gasteiger partial charge in [-0.1, -0.05) is 60.7 Å². The van der Waals surface area contributed by atoms with E-state index in [9.17, 15) is 24.9 Å². The van der Waals surface area contributed by atoms with Crippen LogP contribution in [-0.2, 0) is 0 Å². The average Bonchev–Trinajstić information content (AvgIpc) is 4.00. The van der Waals surface area contributed by atoms with E-state index in [2.05, 4.69) is 50.1 Å². The van der Waals surface area contributed by atoms with Crippen molar-refractivity contribution < 1.29 is 20.1 Å². The summed E-state index contributed by atoms with van der Waals surface area (Å²) in [6.07, 6.45) is 1.86. The first-order chi connectivity index (χ1) is 25.7. The minimum Gasteiger partial charge on any atom is -0.493 e. The molecule has 278 valence electrons. The van der Waals surface area contributed by atoms with Crippen molar-refractivity contribution in [1.82, 2.24) is 44.6 Å². The van der Waals surface area contributed by atoms with Crippen LogP contribution >= 0.6 is 0 Å². The maximum absolute atomic E-state index is 12.9. The summed E-state index contributed by atoms with van der Waals surface area (Å²) in [5.41, 5.74) is 2.61. The van der Waals surface area contributed by atoms with Crippen LogP contribution in [-0.4, -0.2) is 119 Å². The number of likely N-dealkylation sites (tertiary alicyclic amines) is 1. The lowest BCUT2D eigenvalue weighted by molar-refractivity contribution is 0.00763. The molecule has 5 aromatic rings. The van der Waals surface area contributed by atoms with Crippen molar-refractivity contribution >= 4 is 29.0 Å². The number of hydrogen-bond donors (Lipinski definition) is 7. The monoisotopic (exact) mass is 723 g/mol. The molecule has 1 saturated carbocycles. The normalized spacial score (nSPS) is 24.7. The van der Waals surface area contributed by atoms with E-state index in [0.717, 1.165) is 41.4 Å². The zero-order valence-electron chi connectivity index (χ0n) is 29.4. The zero-order chi connectivity index (χ0) is 36.6. The predicted molar refractivity (Wildman–Crippen MR) is 198 cm³/mol. The van der Waals surface area contributed by atoms with Gasteiger partial charge in [0.2, 0.25) is 11.8 Å².